The lowest BCUT2D eigenvalue weighted by atomic mass is 10.1. The topological polar surface area (TPSA) is 88.5 Å². The third-order valence-electron chi connectivity index (χ3n) is 3.98. The Morgan fingerprint density at radius 1 is 1.04 bits per heavy atom. The SMILES string of the molecule is O=C(Nc1ncn(Cc2ccc(F)cc2)n1)c1cc(-c2ccc(F)cc2)n[nH]1. The first-order valence-corrected chi connectivity index (χ1v) is 8.33. The Kier molecular flexibility index (Phi) is 4.63. The molecule has 0 spiro atoms. The van der Waals surface area contributed by atoms with Crippen LogP contribution in [0.1, 0.15) is 16.1 Å². The van der Waals surface area contributed by atoms with Gasteiger partial charge < -0.3 is 0 Å². The molecule has 7 nitrogen and oxygen atoms in total. The number of H-pyrrole nitrogens is 1. The van der Waals surface area contributed by atoms with Crippen molar-refractivity contribution in [2.45, 2.75) is 6.54 Å². The van der Waals surface area contributed by atoms with Gasteiger partial charge in [-0.2, -0.15) is 5.10 Å². The normalized spacial score (nSPS) is 10.8. The van der Waals surface area contributed by atoms with Gasteiger partial charge in [-0.25, -0.2) is 18.4 Å². The first kappa shape index (κ1) is 17.5. The lowest BCUT2D eigenvalue weighted by molar-refractivity contribution is 0.102. The molecule has 2 aromatic carbocycles. The summed E-state index contributed by atoms with van der Waals surface area (Å²) >= 11 is 0. The maximum absolute atomic E-state index is 13.0. The molecule has 0 radical (unpaired) electrons. The van der Waals surface area contributed by atoms with E-state index in [2.05, 4.69) is 25.6 Å². The minimum Gasteiger partial charge on any atom is -0.288 e. The van der Waals surface area contributed by atoms with Crippen LogP contribution in [0.25, 0.3) is 11.3 Å². The van der Waals surface area contributed by atoms with Gasteiger partial charge in [-0.3, -0.25) is 15.2 Å². The van der Waals surface area contributed by atoms with Crippen molar-refractivity contribution in [2.24, 2.45) is 0 Å². The molecule has 0 atom stereocenters. The van der Waals surface area contributed by atoms with E-state index in [4.69, 9.17) is 0 Å². The number of halogens is 2. The molecule has 4 rings (SSSR count). The van der Waals surface area contributed by atoms with Crippen LogP contribution in [0.3, 0.4) is 0 Å². The molecule has 140 valence electrons. The Morgan fingerprint density at radius 3 is 2.43 bits per heavy atom. The summed E-state index contributed by atoms with van der Waals surface area (Å²) in [6.07, 6.45) is 1.47. The monoisotopic (exact) mass is 380 g/mol. The number of hydrogen-bond acceptors (Lipinski definition) is 4. The van der Waals surface area contributed by atoms with Crippen molar-refractivity contribution in [2.75, 3.05) is 5.32 Å². The number of anilines is 1. The molecule has 0 unspecified atom stereocenters. The van der Waals surface area contributed by atoms with Gasteiger partial charge in [0.05, 0.1) is 12.2 Å². The Balaban J connectivity index is 1.42. The lowest BCUT2D eigenvalue weighted by Gasteiger charge is -2.01. The van der Waals surface area contributed by atoms with E-state index in [1.807, 2.05) is 0 Å². The van der Waals surface area contributed by atoms with Crippen LogP contribution in [0.4, 0.5) is 14.7 Å². The zero-order valence-electron chi connectivity index (χ0n) is 14.4. The van der Waals surface area contributed by atoms with Gasteiger partial charge >= 0.3 is 0 Å². The van der Waals surface area contributed by atoms with Crippen LogP contribution in [0.5, 0.6) is 0 Å². The minimum atomic E-state index is -0.458. The van der Waals surface area contributed by atoms with Crippen LogP contribution in [0.2, 0.25) is 0 Å². The van der Waals surface area contributed by atoms with Crippen LogP contribution in [-0.2, 0) is 6.54 Å². The van der Waals surface area contributed by atoms with Crippen LogP contribution in [-0.4, -0.2) is 30.9 Å². The van der Waals surface area contributed by atoms with E-state index in [-0.39, 0.29) is 23.3 Å². The third kappa shape index (κ3) is 3.93. The predicted molar refractivity (Wildman–Crippen MR) is 97.5 cm³/mol. The van der Waals surface area contributed by atoms with Crippen molar-refractivity contribution in [1.82, 2.24) is 25.0 Å². The second-order valence-electron chi connectivity index (χ2n) is 6.02. The minimum absolute atomic E-state index is 0.130. The summed E-state index contributed by atoms with van der Waals surface area (Å²) in [5.74, 6) is -0.986. The molecule has 0 saturated carbocycles. The molecule has 4 aromatic rings. The van der Waals surface area contributed by atoms with E-state index >= 15 is 0 Å². The molecule has 0 bridgehead atoms. The van der Waals surface area contributed by atoms with Gasteiger partial charge in [0, 0.05) is 5.56 Å². The first-order chi connectivity index (χ1) is 13.6. The van der Waals surface area contributed by atoms with Gasteiger partial charge in [0.25, 0.3) is 5.91 Å². The Hall–Kier alpha value is -3.88. The first-order valence-electron chi connectivity index (χ1n) is 8.33. The summed E-state index contributed by atoms with van der Waals surface area (Å²) in [4.78, 5) is 16.4. The highest BCUT2D eigenvalue weighted by Crippen LogP contribution is 2.18. The number of rotatable bonds is 5. The lowest BCUT2D eigenvalue weighted by Crippen LogP contribution is -2.14. The van der Waals surface area contributed by atoms with Crippen molar-refractivity contribution < 1.29 is 13.6 Å². The second kappa shape index (κ2) is 7.39. The van der Waals surface area contributed by atoms with Gasteiger partial charge in [0.15, 0.2) is 0 Å². The molecule has 2 N–H and O–H groups in total. The Morgan fingerprint density at radius 2 is 1.71 bits per heavy atom. The Bertz CT molecular complexity index is 1100. The van der Waals surface area contributed by atoms with Gasteiger partial charge in [0.1, 0.15) is 23.7 Å². The molecular weight excluding hydrogens is 366 g/mol. The zero-order valence-corrected chi connectivity index (χ0v) is 14.4. The highest BCUT2D eigenvalue weighted by atomic mass is 19.1. The Labute approximate surface area is 158 Å². The molecule has 0 aliphatic rings. The summed E-state index contributed by atoms with van der Waals surface area (Å²) in [5, 5.41) is 13.4. The van der Waals surface area contributed by atoms with Crippen molar-refractivity contribution in [1.29, 1.82) is 0 Å². The zero-order chi connectivity index (χ0) is 19.5. The van der Waals surface area contributed by atoms with E-state index < -0.39 is 5.91 Å². The molecule has 0 aliphatic carbocycles. The van der Waals surface area contributed by atoms with Gasteiger partial charge in [-0.15, -0.1) is 5.10 Å². The highest BCUT2D eigenvalue weighted by molar-refractivity contribution is 6.02. The largest absolute Gasteiger partial charge is 0.288 e. The maximum atomic E-state index is 13.0. The number of hydrogen-bond donors (Lipinski definition) is 2. The standard InChI is InChI=1S/C19H14F2N6O/c20-14-5-1-12(2-6-14)10-27-11-22-19(26-27)23-18(28)17-9-16(24-25-17)13-3-7-15(21)8-4-13/h1-9,11H,10H2,(H,24,25)(H,23,26,28). The molecule has 2 heterocycles. The number of nitrogens with one attached hydrogen (secondary N) is 2. The molecule has 0 saturated heterocycles. The van der Waals surface area contributed by atoms with Crippen molar-refractivity contribution in [3.05, 3.63) is 83.8 Å². The van der Waals surface area contributed by atoms with E-state index in [0.29, 0.717) is 17.8 Å². The number of carbonyl (C=O) groups excluding carboxylic acids is 1. The molecule has 2 aromatic heterocycles. The fraction of sp³-hybridized carbons (Fsp3) is 0.0526. The average Bonchev–Trinajstić information content (AvgIpc) is 3.34. The van der Waals surface area contributed by atoms with Crippen molar-refractivity contribution >= 4 is 11.9 Å². The quantitative estimate of drug-likeness (QED) is 0.556. The van der Waals surface area contributed by atoms with E-state index in [1.54, 1.807) is 30.3 Å². The molecule has 0 aliphatic heterocycles. The second-order valence-corrected chi connectivity index (χ2v) is 6.02. The fourth-order valence-electron chi connectivity index (χ4n) is 2.58. The van der Waals surface area contributed by atoms with E-state index in [9.17, 15) is 13.6 Å². The van der Waals surface area contributed by atoms with Gasteiger partial charge in [-0.05, 0) is 48.0 Å². The molecule has 28 heavy (non-hydrogen) atoms. The number of carbonyl (C=O) groups is 1. The van der Waals surface area contributed by atoms with Gasteiger partial charge in [0.2, 0.25) is 5.95 Å². The average molecular weight is 380 g/mol. The molecule has 1 amide bonds. The maximum Gasteiger partial charge on any atom is 0.276 e. The summed E-state index contributed by atoms with van der Waals surface area (Å²) < 4.78 is 27.5. The highest BCUT2D eigenvalue weighted by Gasteiger charge is 2.13. The predicted octanol–water partition coefficient (Wildman–Crippen LogP) is 3.25. The van der Waals surface area contributed by atoms with E-state index in [1.165, 1.54) is 35.3 Å². The summed E-state index contributed by atoms with van der Waals surface area (Å²) in [7, 11) is 0. The van der Waals surface area contributed by atoms with E-state index in [0.717, 1.165) is 5.56 Å². The number of aromatic nitrogens is 5. The number of amides is 1. The summed E-state index contributed by atoms with van der Waals surface area (Å²) in [5.41, 5.74) is 2.26. The third-order valence-corrected chi connectivity index (χ3v) is 3.98. The van der Waals surface area contributed by atoms with Crippen molar-refractivity contribution in [3.8, 4) is 11.3 Å². The van der Waals surface area contributed by atoms with Crippen LogP contribution in [0.15, 0.2) is 60.9 Å². The van der Waals surface area contributed by atoms with Gasteiger partial charge in [-0.1, -0.05) is 12.1 Å². The number of benzene rings is 2. The van der Waals surface area contributed by atoms with Crippen molar-refractivity contribution in [3.63, 3.8) is 0 Å². The molecular formula is C19H14F2N6O. The number of aromatic amines is 1. The van der Waals surface area contributed by atoms with Crippen LogP contribution in [0, 0.1) is 11.6 Å². The smallest absolute Gasteiger partial charge is 0.276 e. The fourth-order valence-corrected chi connectivity index (χ4v) is 2.58. The molecule has 9 heteroatoms. The number of nitrogens with zero attached hydrogens (tertiary/aromatic N) is 4. The van der Waals surface area contributed by atoms with Crippen LogP contribution >= 0.6 is 0 Å². The summed E-state index contributed by atoms with van der Waals surface area (Å²) in [6, 6.07) is 13.4. The van der Waals surface area contributed by atoms with Crippen LogP contribution < -0.4 is 5.32 Å². The molecule has 0 fully saturated rings. The summed E-state index contributed by atoms with van der Waals surface area (Å²) in [6.45, 7) is 0.391.